The molecule has 0 aliphatic carbocycles. The van der Waals surface area contributed by atoms with Crippen molar-refractivity contribution < 1.29 is 4.79 Å². The number of nitrogens with zero attached hydrogens (tertiary/aromatic N) is 2. The van der Waals surface area contributed by atoms with Crippen LogP contribution >= 0.6 is 0 Å². The van der Waals surface area contributed by atoms with Gasteiger partial charge < -0.3 is 15.5 Å². The summed E-state index contributed by atoms with van der Waals surface area (Å²) in [6.07, 6.45) is 9.51. The molecule has 1 rings (SSSR count). The summed E-state index contributed by atoms with van der Waals surface area (Å²) in [6, 6.07) is 0.214. The Labute approximate surface area is 124 Å². The Hall–Kier alpha value is -0.610. The van der Waals surface area contributed by atoms with Crippen LogP contribution in [0.25, 0.3) is 0 Å². The van der Waals surface area contributed by atoms with Crippen LogP contribution in [0, 0.1) is 0 Å². The summed E-state index contributed by atoms with van der Waals surface area (Å²) in [5.41, 5.74) is 5.80. The monoisotopic (exact) mass is 283 g/mol. The fraction of sp³-hybridized carbons (Fsp3) is 0.938. The van der Waals surface area contributed by atoms with Gasteiger partial charge in [0.15, 0.2) is 0 Å². The predicted octanol–water partition coefficient (Wildman–Crippen LogP) is 2.23. The first-order valence-electron chi connectivity index (χ1n) is 8.37. The van der Waals surface area contributed by atoms with E-state index in [1.54, 1.807) is 0 Å². The highest BCUT2D eigenvalue weighted by atomic mass is 16.2. The van der Waals surface area contributed by atoms with E-state index in [1.165, 1.54) is 38.5 Å². The molecule has 0 aromatic rings. The first kappa shape index (κ1) is 17.4. The molecule has 0 aromatic heterocycles. The number of rotatable bonds is 9. The van der Waals surface area contributed by atoms with Crippen LogP contribution in [0.2, 0.25) is 0 Å². The first-order chi connectivity index (χ1) is 9.69. The van der Waals surface area contributed by atoms with E-state index in [0.717, 1.165) is 26.1 Å². The highest BCUT2D eigenvalue weighted by molar-refractivity contribution is 5.76. The number of carbonyl (C=O) groups excluding carboxylic acids is 1. The van der Waals surface area contributed by atoms with Crippen molar-refractivity contribution in [2.75, 3.05) is 33.2 Å². The molecule has 20 heavy (non-hydrogen) atoms. The summed E-state index contributed by atoms with van der Waals surface area (Å²) < 4.78 is 0. The van der Waals surface area contributed by atoms with Gasteiger partial charge >= 0.3 is 0 Å². The lowest BCUT2D eigenvalue weighted by Crippen LogP contribution is -2.56. The fourth-order valence-electron chi connectivity index (χ4n) is 2.92. The number of unbranched alkanes of at least 4 members (excludes halogenated alkanes) is 6. The molecular formula is C16H33N3O. The molecule has 4 heteroatoms. The standard InChI is InChI=1S/C16H33N3O/c1-3-4-5-6-7-8-9-10-16(20)19-12-11-18(2)14-15(19)13-17/h15H,3-14,17H2,1-2H3. The molecule has 1 atom stereocenters. The Morgan fingerprint density at radius 3 is 2.40 bits per heavy atom. The fourth-order valence-corrected chi connectivity index (χ4v) is 2.92. The van der Waals surface area contributed by atoms with Crippen molar-refractivity contribution in [3.05, 3.63) is 0 Å². The molecule has 1 aliphatic heterocycles. The summed E-state index contributed by atoms with van der Waals surface area (Å²) in [5.74, 6) is 0.308. The van der Waals surface area contributed by atoms with E-state index in [2.05, 4.69) is 18.9 Å². The first-order valence-corrected chi connectivity index (χ1v) is 8.37. The summed E-state index contributed by atoms with van der Waals surface area (Å²) >= 11 is 0. The molecule has 2 N–H and O–H groups in total. The van der Waals surface area contributed by atoms with E-state index < -0.39 is 0 Å². The Balaban J connectivity index is 2.15. The second-order valence-corrected chi connectivity index (χ2v) is 6.11. The minimum absolute atomic E-state index is 0.214. The molecule has 118 valence electrons. The summed E-state index contributed by atoms with van der Waals surface area (Å²) in [5, 5.41) is 0. The molecule has 1 aliphatic rings. The molecule has 0 saturated carbocycles. The van der Waals surface area contributed by atoms with Crippen molar-refractivity contribution in [2.24, 2.45) is 5.73 Å². The summed E-state index contributed by atoms with van der Waals surface area (Å²) in [6.45, 7) is 5.54. The lowest BCUT2D eigenvalue weighted by molar-refractivity contribution is -0.135. The zero-order valence-corrected chi connectivity index (χ0v) is 13.4. The maximum Gasteiger partial charge on any atom is 0.222 e. The van der Waals surface area contributed by atoms with Crippen molar-refractivity contribution in [3.63, 3.8) is 0 Å². The third kappa shape index (κ3) is 6.23. The van der Waals surface area contributed by atoms with Crippen LogP contribution in [-0.4, -0.2) is 55.0 Å². The molecular weight excluding hydrogens is 250 g/mol. The van der Waals surface area contributed by atoms with Crippen molar-refractivity contribution in [2.45, 2.75) is 64.3 Å². The highest BCUT2D eigenvalue weighted by Gasteiger charge is 2.27. The molecule has 0 aromatic carbocycles. The number of hydrogen-bond donors (Lipinski definition) is 1. The number of hydrogen-bond acceptors (Lipinski definition) is 3. The molecule has 1 saturated heterocycles. The smallest absolute Gasteiger partial charge is 0.222 e. The van der Waals surface area contributed by atoms with Crippen LogP contribution in [0.1, 0.15) is 58.3 Å². The van der Waals surface area contributed by atoms with E-state index in [4.69, 9.17) is 5.73 Å². The molecule has 0 bridgehead atoms. The highest BCUT2D eigenvalue weighted by Crippen LogP contribution is 2.13. The number of likely N-dealkylation sites (N-methyl/N-ethyl adjacent to an activating group) is 1. The van der Waals surface area contributed by atoms with Gasteiger partial charge in [0, 0.05) is 32.6 Å². The number of piperazine rings is 1. The second kappa shape index (κ2) is 10.2. The largest absolute Gasteiger partial charge is 0.336 e. The van der Waals surface area contributed by atoms with E-state index in [1.807, 2.05) is 4.90 Å². The Kier molecular flexibility index (Phi) is 8.86. The normalized spacial score (nSPS) is 20.4. The number of amides is 1. The minimum atomic E-state index is 0.214. The van der Waals surface area contributed by atoms with Crippen molar-refractivity contribution in [1.29, 1.82) is 0 Å². The maximum atomic E-state index is 12.3. The van der Waals surface area contributed by atoms with Gasteiger partial charge in [0.2, 0.25) is 5.91 Å². The van der Waals surface area contributed by atoms with Gasteiger partial charge in [0.25, 0.3) is 0 Å². The Morgan fingerprint density at radius 2 is 1.75 bits per heavy atom. The average molecular weight is 283 g/mol. The number of nitrogens with two attached hydrogens (primary N) is 1. The SMILES string of the molecule is CCCCCCCCCC(=O)N1CCN(C)CC1CN. The van der Waals surface area contributed by atoms with Crippen molar-refractivity contribution in [3.8, 4) is 0 Å². The Morgan fingerprint density at radius 1 is 1.10 bits per heavy atom. The zero-order valence-electron chi connectivity index (χ0n) is 13.4. The van der Waals surface area contributed by atoms with Gasteiger partial charge in [0.05, 0.1) is 6.04 Å². The van der Waals surface area contributed by atoms with Crippen LogP contribution in [0.4, 0.5) is 0 Å². The molecule has 4 nitrogen and oxygen atoms in total. The predicted molar refractivity (Wildman–Crippen MR) is 84.7 cm³/mol. The van der Waals surface area contributed by atoms with Crippen LogP contribution in [-0.2, 0) is 4.79 Å². The van der Waals surface area contributed by atoms with E-state index in [9.17, 15) is 4.79 Å². The van der Waals surface area contributed by atoms with Gasteiger partial charge in [-0.15, -0.1) is 0 Å². The van der Waals surface area contributed by atoms with Crippen LogP contribution in [0.3, 0.4) is 0 Å². The van der Waals surface area contributed by atoms with Gasteiger partial charge in [-0.05, 0) is 13.5 Å². The summed E-state index contributed by atoms with van der Waals surface area (Å²) in [7, 11) is 2.10. The summed E-state index contributed by atoms with van der Waals surface area (Å²) in [4.78, 5) is 16.5. The topological polar surface area (TPSA) is 49.6 Å². The average Bonchev–Trinajstić information content (AvgIpc) is 2.45. The molecule has 1 heterocycles. The van der Waals surface area contributed by atoms with E-state index in [-0.39, 0.29) is 6.04 Å². The van der Waals surface area contributed by atoms with Crippen LogP contribution < -0.4 is 5.73 Å². The third-order valence-corrected chi connectivity index (χ3v) is 4.27. The maximum absolute atomic E-state index is 12.3. The van der Waals surface area contributed by atoms with Gasteiger partial charge in [-0.2, -0.15) is 0 Å². The lowest BCUT2D eigenvalue weighted by atomic mass is 10.1. The lowest BCUT2D eigenvalue weighted by Gasteiger charge is -2.39. The quantitative estimate of drug-likeness (QED) is 0.660. The van der Waals surface area contributed by atoms with Gasteiger partial charge in [-0.1, -0.05) is 45.4 Å². The van der Waals surface area contributed by atoms with Crippen LogP contribution in [0.15, 0.2) is 0 Å². The van der Waals surface area contributed by atoms with Crippen molar-refractivity contribution >= 4 is 5.91 Å². The van der Waals surface area contributed by atoms with E-state index >= 15 is 0 Å². The number of carbonyl (C=O) groups is 1. The molecule has 1 fully saturated rings. The molecule has 1 amide bonds. The van der Waals surface area contributed by atoms with Gasteiger partial charge in [0.1, 0.15) is 0 Å². The Bertz CT molecular complexity index is 270. The minimum Gasteiger partial charge on any atom is -0.336 e. The van der Waals surface area contributed by atoms with Gasteiger partial charge in [-0.3, -0.25) is 4.79 Å². The van der Waals surface area contributed by atoms with Crippen LogP contribution in [0.5, 0.6) is 0 Å². The molecule has 0 spiro atoms. The third-order valence-electron chi connectivity index (χ3n) is 4.27. The van der Waals surface area contributed by atoms with Gasteiger partial charge in [-0.25, -0.2) is 0 Å². The van der Waals surface area contributed by atoms with E-state index in [0.29, 0.717) is 18.9 Å². The second-order valence-electron chi connectivity index (χ2n) is 6.11. The molecule has 0 radical (unpaired) electrons. The zero-order chi connectivity index (χ0) is 14.8. The van der Waals surface area contributed by atoms with Crippen molar-refractivity contribution in [1.82, 2.24) is 9.80 Å². The molecule has 1 unspecified atom stereocenters.